The van der Waals surface area contributed by atoms with Gasteiger partial charge in [0.1, 0.15) is 5.82 Å². The van der Waals surface area contributed by atoms with Gasteiger partial charge in [-0.05, 0) is 47.7 Å². The molecule has 0 amide bonds. The van der Waals surface area contributed by atoms with E-state index in [1.807, 2.05) is 0 Å². The van der Waals surface area contributed by atoms with Crippen LogP contribution in [-0.4, -0.2) is 24.3 Å². The molecule has 0 aromatic heterocycles. The molecular weight excluding hydrogens is 299 g/mol. The molecule has 1 atom stereocenters. The SMILES string of the molecule is Nc1cc(F)c(Br)cc1N1CCCC1CCCO. The van der Waals surface area contributed by atoms with Gasteiger partial charge in [-0.2, -0.15) is 0 Å². The Hall–Kier alpha value is -0.810. The normalized spacial score (nSPS) is 19.5. The number of anilines is 2. The van der Waals surface area contributed by atoms with Crippen molar-refractivity contribution in [1.82, 2.24) is 0 Å². The molecule has 3 N–H and O–H groups in total. The quantitative estimate of drug-likeness (QED) is 0.840. The third-order valence-electron chi connectivity index (χ3n) is 3.45. The Labute approximate surface area is 115 Å². The Kier molecular flexibility index (Phi) is 4.45. The number of nitrogens with zero attached hydrogens (tertiary/aromatic N) is 1. The van der Waals surface area contributed by atoms with Gasteiger partial charge in [0.05, 0.1) is 15.8 Å². The first-order valence-corrected chi connectivity index (χ1v) is 7.05. The second-order valence-electron chi connectivity index (χ2n) is 4.68. The number of halogens is 2. The number of aliphatic hydroxyl groups is 1. The zero-order valence-corrected chi connectivity index (χ0v) is 11.8. The molecule has 1 aliphatic rings. The van der Waals surface area contributed by atoms with Crippen molar-refractivity contribution in [2.45, 2.75) is 31.7 Å². The van der Waals surface area contributed by atoms with Crippen LogP contribution in [0.3, 0.4) is 0 Å². The zero-order valence-electron chi connectivity index (χ0n) is 10.2. The topological polar surface area (TPSA) is 49.5 Å². The molecule has 3 nitrogen and oxygen atoms in total. The first-order chi connectivity index (χ1) is 8.63. The molecule has 1 aromatic rings. The molecule has 100 valence electrons. The molecule has 0 saturated carbocycles. The predicted octanol–water partition coefficient (Wildman–Crippen LogP) is 2.91. The molecular formula is C13H18BrFN2O. The molecule has 1 aromatic carbocycles. The first-order valence-electron chi connectivity index (χ1n) is 6.25. The molecule has 0 aliphatic carbocycles. The average molecular weight is 317 g/mol. The minimum atomic E-state index is -0.331. The molecule has 1 fully saturated rings. The van der Waals surface area contributed by atoms with E-state index in [1.165, 1.54) is 6.07 Å². The summed E-state index contributed by atoms with van der Waals surface area (Å²) >= 11 is 3.20. The summed E-state index contributed by atoms with van der Waals surface area (Å²) in [6, 6.07) is 3.51. The van der Waals surface area contributed by atoms with Crippen LogP contribution in [0.1, 0.15) is 25.7 Å². The fourth-order valence-corrected chi connectivity index (χ4v) is 2.91. The second kappa shape index (κ2) is 5.89. The van der Waals surface area contributed by atoms with Crippen LogP contribution in [-0.2, 0) is 0 Å². The molecule has 1 saturated heterocycles. The van der Waals surface area contributed by atoms with Gasteiger partial charge in [-0.3, -0.25) is 0 Å². The fraction of sp³-hybridized carbons (Fsp3) is 0.538. The lowest BCUT2D eigenvalue weighted by Gasteiger charge is -2.28. The summed E-state index contributed by atoms with van der Waals surface area (Å²) in [6.07, 6.45) is 3.97. The van der Waals surface area contributed by atoms with Crippen molar-refractivity contribution in [3.8, 4) is 0 Å². The molecule has 18 heavy (non-hydrogen) atoms. The van der Waals surface area contributed by atoms with E-state index in [4.69, 9.17) is 10.8 Å². The Bertz CT molecular complexity index is 428. The fourth-order valence-electron chi connectivity index (χ4n) is 2.58. The number of aliphatic hydroxyl groups excluding tert-OH is 1. The van der Waals surface area contributed by atoms with Gasteiger partial charge < -0.3 is 15.7 Å². The maximum atomic E-state index is 13.4. The van der Waals surface area contributed by atoms with Crippen LogP contribution in [0.4, 0.5) is 15.8 Å². The van der Waals surface area contributed by atoms with E-state index in [-0.39, 0.29) is 12.4 Å². The highest BCUT2D eigenvalue weighted by atomic mass is 79.9. The highest BCUT2D eigenvalue weighted by Crippen LogP contribution is 2.35. The minimum absolute atomic E-state index is 0.215. The number of rotatable bonds is 4. The predicted molar refractivity (Wildman–Crippen MR) is 75.2 cm³/mol. The van der Waals surface area contributed by atoms with E-state index < -0.39 is 0 Å². The van der Waals surface area contributed by atoms with Crippen LogP contribution in [0.2, 0.25) is 0 Å². The van der Waals surface area contributed by atoms with Crippen molar-refractivity contribution in [1.29, 1.82) is 0 Å². The molecule has 0 bridgehead atoms. The van der Waals surface area contributed by atoms with Gasteiger partial charge in [-0.1, -0.05) is 0 Å². The summed E-state index contributed by atoms with van der Waals surface area (Å²) in [5.74, 6) is -0.331. The largest absolute Gasteiger partial charge is 0.397 e. The smallest absolute Gasteiger partial charge is 0.139 e. The summed E-state index contributed by atoms with van der Waals surface area (Å²) in [5, 5.41) is 8.92. The van der Waals surface area contributed by atoms with Crippen molar-refractivity contribution in [2.24, 2.45) is 0 Å². The molecule has 1 heterocycles. The second-order valence-corrected chi connectivity index (χ2v) is 5.53. The summed E-state index contributed by atoms with van der Waals surface area (Å²) in [5.41, 5.74) is 7.28. The molecule has 2 rings (SSSR count). The maximum Gasteiger partial charge on any atom is 0.139 e. The van der Waals surface area contributed by atoms with E-state index in [2.05, 4.69) is 20.8 Å². The van der Waals surface area contributed by atoms with Crippen LogP contribution >= 0.6 is 15.9 Å². The Morgan fingerprint density at radius 2 is 2.28 bits per heavy atom. The number of benzene rings is 1. The summed E-state index contributed by atoms with van der Waals surface area (Å²) in [6.45, 7) is 1.16. The van der Waals surface area contributed by atoms with E-state index in [1.54, 1.807) is 6.07 Å². The zero-order chi connectivity index (χ0) is 13.1. The third-order valence-corrected chi connectivity index (χ3v) is 4.06. The molecule has 1 unspecified atom stereocenters. The van der Waals surface area contributed by atoms with Gasteiger partial charge in [0.25, 0.3) is 0 Å². The van der Waals surface area contributed by atoms with E-state index in [0.717, 1.165) is 37.9 Å². The Morgan fingerprint density at radius 1 is 1.50 bits per heavy atom. The lowest BCUT2D eigenvalue weighted by atomic mass is 10.1. The van der Waals surface area contributed by atoms with Crippen molar-refractivity contribution in [2.75, 3.05) is 23.8 Å². The summed E-state index contributed by atoms with van der Waals surface area (Å²) in [4.78, 5) is 2.23. The van der Waals surface area contributed by atoms with Gasteiger partial charge in [-0.25, -0.2) is 4.39 Å². The van der Waals surface area contributed by atoms with Gasteiger partial charge in [0.2, 0.25) is 0 Å². The average Bonchev–Trinajstić information content (AvgIpc) is 2.79. The van der Waals surface area contributed by atoms with Crippen LogP contribution < -0.4 is 10.6 Å². The van der Waals surface area contributed by atoms with Gasteiger partial charge in [0, 0.05) is 25.3 Å². The monoisotopic (exact) mass is 316 g/mol. The molecule has 0 spiro atoms. The van der Waals surface area contributed by atoms with Crippen LogP contribution in [0.5, 0.6) is 0 Å². The maximum absolute atomic E-state index is 13.4. The van der Waals surface area contributed by atoms with E-state index in [0.29, 0.717) is 16.2 Å². The summed E-state index contributed by atoms with van der Waals surface area (Å²) in [7, 11) is 0. The lowest BCUT2D eigenvalue weighted by Crippen LogP contribution is -2.30. The van der Waals surface area contributed by atoms with E-state index >= 15 is 0 Å². The highest BCUT2D eigenvalue weighted by molar-refractivity contribution is 9.10. The standard InChI is InChI=1S/C13H18BrFN2O/c14-10-7-13(12(16)8-11(10)15)17-5-1-3-9(17)4-2-6-18/h7-9,18H,1-6,16H2. The molecule has 5 heteroatoms. The first kappa shape index (κ1) is 13.6. The Balaban J connectivity index is 2.21. The van der Waals surface area contributed by atoms with Crippen molar-refractivity contribution in [3.05, 3.63) is 22.4 Å². The number of hydrogen-bond acceptors (Lipinski definition) is 3. The van der Waals surface area contributed by atoms with Crippen LogP contribution in [0, 0.1) is 5.82 Å². The van der Waals surface area contributed by atoms with Gasteiger partial charge in [-0.15, -0.1) is 0 Å². The number of hydrogen-bond donors (Lipinski definition) is 2. The molecule has 0 radical (unpaired) electrons. The highest BCUT2D eigenvalue weighted by Gasteiger charge is 2.26. The minimum Gasteiger partial charge on any atom is -0.397 e. The lowest BCUT2D eigenvalue weighted by molar-refractivity contribution is 0.279. The summed E-state index contributed by atoms with van der Waals surface area (Å²) < 4.78 is 13.8. The molecule has 1 aliphatic heterocycles. The van der Waals surface area contributed by atoms with Crippen molar-refractivity contribution >= 4 is 27.3 Å². The van der Waals surface area contributed by atoms with Gasteiger partial charge in [0.15, 0.2) is 0 Å². The third kappa shape index (κ3) is 2.78. The van der Waals surface area contributed by atoms with Crippen molar-refractivity contribution in [3.63, 3.8) is 0 Å². The number of nitrogen functional groups attached to an aromatic ring is 1. The number of nitrogens with two attached hydrogens (primary N) is 1. The Morgan fingerprint density at radius 3 is 3.00 bits per heavy atom. The van der Waals surface area contributed by atoms with E-state index in [9.17, 15) is 4.39 Å². The van der Waals surface area contributed by atoms with Crippen molar-refractivity contribution < 1.29 is 9.50 Å². The van der Waals surface area contributed by atoms with Crippen LogP contribution in [0.15, 0.2) is 16.6 Å². The van der Waals surface area contributed by atoms with Gasteiger partial charge >= 0.3 is 0 Å². The van der Waals surface area contributed by atoms with Crippen LogP contribution in [0.25, 0.3) is 0 Å².